The number of sulfone groups is 1. The summed E-state index contributed by atoms with van der Waals surface area (Å²) in [6, 6.07) is 5.26. The highest BCUT2D eigenvalue weighted by atomic mass is 35.5. The van der Waals surface area contributed by atoms with E-state index >= 15 is 0 Å². The molecule has 1 aliphatic heterocycles. The normalized spacial score (nSPS) is 17.4. The first-order valence-electron chi connectivity index (χ1n) is 6.88. The van der Waals surface area contributed by atoms with E-state index in [-0.39, 0.29) is 4.90 Å². The van der Waals surface area contributed by atoms with Gasteiger partial charge in [-0.05, 0) is 31.2 Å². The Morgan fingerprint density at radius 3 is 2.40 bits per heavy atom. The highest BCUT2D eigenvalue weighted by Crippen LogP contribution is 2.27. The molecule has 1 aliphatic rings. The molecule has 0 radical (unpaired) electrons. The predicted molar refractivity (Wildman–Crippen MR) is 83.5 cm³/mol. The Morgan fingerprint density at radius 1 is 1.20 bits per heavy atom. The molecule has 1 heterocycles. The van der Waals surface area contributed by atoms with E-state index in [1.807, 2.05) is 6.07 Å². The van der Waals surface area contributed by atoms with Gasteiger partial charge in [0, 0.05) is 38.1 Å². The van der Waals surface area contributed by atoms with Crippen molar-refractivity contribution >= 4 is 27.1 Å². The third-order valence-electron chi connectivity index (χ3n) is 3.59. The summed E-state index contributed by atoms with van der Waals surface area (Å²) < 4.78 is 23.4. The third-order valence-corrected chi connectivity index (χ3v) is 5.17. The van der Waals surface area contributed by atoms with Crippen molar-refractivity contribution in [2.24, 2.45) is 0 Å². The van der Waals surface area contributed by atoms with Crippen molar-refractivity contribution in [3.8, 4) is 0 Å². The largest absolute Gasteiger partial charge is 0.369 e. The van der Waals surface area contributed by atoms with E-state index in [2.05, 4.69) is 16.7 Å². The van der Waals surface area contributed by atoms with Crippen LogP contribution >= 0.6 is 11.6 Å². The van der Waals surface area contributed by atoms with E-state index in [0.717, 1.165) is 38.4 Å². The van der Waals surface area contributed by atoms with Gasteiger partial charge in [-0.25, -0.2) is 8.42 Å². The SMILES string of the molecule is CCCN1CCN(c2ccc(Cl)c(S(C)(=O)=O)c2)CC1. The molecule has 1 saturated heterocycles. The molecule has 6 heteroatoms. The van der Waals surface area contributed by atoms with E-state index in [1.165, 1.54) is 12.7 Å². The molecule has 1 fully saturated rings. The van der Waals surface area contributed by atoms with E-state index in [4.69, 9.17) is 11.6 Å². The van der Waals surface area contributed by atoms with E-state index in [9.17, 15) is 8.42 Å². The molecule has 4 nitrogen and oxygen atoms in total. The molecule has 20 heavy (non-hydrogen) atoms. The Kier molecular flexibility index (Phi) is 4.94. The smallest absolute Gasteiger partial charge is 0.177 e. The zero-order chi connectivity index (χ0) is 14.8. The first kappa shape index (κ1) is 15.6. The van der Waals surface area contributed by atoms with Gasteiger partial charge in [0.2, 0.25) is 0 Å². The summed E-state index contributed by atoms with van der Waals surface area (Å²) in [5.41, 5.74) is 0.936. The molecule has 0 unspecified atom stereocenters. The summed E-state index contributed by atoms with van der Waals surface area (Å²) >= 11 is 5.98. The number of nitrogens with zero attached hydrogens (tertiary/aromatic N) is 2. The van der Waals surface area contributed by atoms with Crippen molar-refractivity contribution in [3.05, 3.63) is 23.2 Å². The Hall–Kier alpha value is -0.780. The van der Waals surface area contributed by atoms with Gasteiger partial charge in [0.25, 0.3) is 0 Å². The van der Waals surface area contributed by atoms with Crippen molar-refractivity contribution in [2.45, 2.75) is 18.2 Å². The van der Waals surface area contributed by atoms with Gasteiger partial charge in [-0.15, -0.1) is 0 Å². The average molecular weight is 317 g/mol. The summed E-state index contributed by atoms with van der Waals surface area (Å²) in [5.74, 6) is 0. The summed E-state index contributed by atoms with van der Waals surface area (Å²) in [4.78, 5) is 4.87. The Balaban J connectivity index is 2.15. The van der Waals surface area contributed by atoms with Crippen LogP contribution in [0, 0.1) is 0 Å². The second-order valence-corrected chi connectivity index (χ2v) is 7.61. The molecular formula is C14H21ClN2O2S. The van der Waals surface area contributed by atoms with Crippen LogP contribution in [0.3, 0.4) is 0 Å². The molecule has 0 saturated carbocycles. The van der Waals surface area contributed by atoms with Crippen molar-refractivity contribution in [2.75, 3.05) is 43.9 Å². The van der Waals surface area contributed by atoms with E-state index in [1.54, 1.807) is 12.1 Å². The van der Waals surface area contributed by atoms with Crippen molar-refractivity contribution in [1.29, 1.82) is 0 Å². The topological polar surface area (TPSA) is 40.6 Å². The molecule has 0 aliphatic carbocycles. The maximum absolute atomic E-state index is 11.7. The Bertz CT molecular complexity index is 567. The summed E-state index contributed by atoms with van der Waals surface area (Å²) in [6.45, 7) is 7.19. The number of piperazine rings is 1. The van der Waals surface area contributed by atoms with Crippen LogP contribution in [0.25, 0.3) is 0 Å². The van der Waals surface area contributed by atoms with E-state index < -0.39 is 9.84 Å². The number of anilines is 1. The number of rotatable bonds is 4. The maximum Gasteiger partial charge on any atom is 0.177 e. The maximum atomic E-state index is 11.7. The minimum absolute atomic E-state index is 0.215. The molecule has 0 bridgehead atoms. The zero-order valence-electron chi connectivity index (χ0n) is 12.0. The van der Waals surface area contributed by atoms with Crippen LogP contribution in [0.1, 0.15) is 13.3 Å². The highest BCUT2D eigenvalue weighted by Gasteiger charge is 2.19. The van der Waals surface area contributed by atoms with Gasteiger partial charge in [-0.2, -0.15) is 0 Å². The summed E-state index contributed by atoms with van der Waals surface area (Å²) in [6.07, 6.45) is 2.36. The monoisotopic (exact) mass is 316 g/mol. The van der Waals surface area contributed by atoms with Crippen molar-refractivity contribution in [1.82, 2.24) is 4.90 Å². The first-order valence-corrected chi connectivity index (χ1v) is 9.15. The van der Waals surface area contributed by atoms with Gasteiger partial charge in [0.15, 0.2) is 9.84 Å². The van der Waals surface area contributed by atoms with Gasteiger partial charge < -0.3 is 4.90 Å². The summed E-state index contributed by atoms with van der Waals surface area (Å²) in [5, 5.41) is 0.292. The molecular weight excluding hydrogens is 296 g/mol. The first-order chi connectivity index (χ1) is 9.41. The third kappa shape index (κ3) is 3.65. The molecule has 0 aromatic heterocycles. The standard InChI is InChI=1S/C14H21ClN2O2S/c1-3-6-16-7-9-17(10-8-16)12-4-5-13(15)14(11-12)20(2,18)19/h4-5,11H,3,6-10H2,1-2H3. The summed E-state index contributed by atoms with van der Waals surface area (Å²) in [7, 11) is -3.28. The fraction of sp³-hybridized carbons (Fsp3) is 0.571. The molecule has 1 aromatic rings. The lowest BCUT2D eigenvalue weighted by Crippen LogP contribution is -2.46. The molecule has 0 atom stereocenters. The van der Waals surface area contributed by atoms with Crippen LogP contribution in [0.15, 0.2) is 23.1 Å². The second-order valence-electron chi connectivity index (χ2n) is 5.22. The molecule has 0 spiro atoms. The lowest BCUT2D eigenvalue weighted by molar-refractivity contribution is 0.258. The fourth-order valence-electron chi connectivity index (χ4n) is 2.52. The average Bonchev–Trinajstić information content (AvgIpc) is 2.39. The molecule has 2 rings (SSSR count). The van der Waals surface area contributed by atoms with Crippen molar-refractivity contribution < 1.29 is 8.42 Å². The Morgan fingerprint density at radius 2 is 1.85 bits per heavy atom. The Labute approximate surface area is 126 Å². The molecule has 1 aromatic carbocycles. The second kappa shape index (κ2) is 6.33. The lowest BCUT2D eigenvalue weighted by atomic mass is 10.2. The van der Waals surface area contributed by atoms with Crippen molar-refractivity contribution in [3.63, 3.8) is 0 Å². The zero-order valence-corrected chi connectivity index (χ0v) is 13.5. The van der Waals surface area contributed by atoms with Gasteiger partial charge in [0.05, 0.1) is 9.92 Å². The lowest BCUT2D eigenvalue weighted by Gasteiger charge is -2.36. The van der Waals surface area contributed by atoms with Crippen LogP contribution < -0.4 is 4.90 Å². The van der Waals surface area contributed by atoms with Crippen LogP contribution in [-0.4, -0.2) is 52.3 Å². The number of hydrogen-bond donors (Lipinski definition) is 0. The van der Waals surface area contributed by atoms with Gasteiger partial charge in [-0.3, -0.25) is 4.90 Å². The molecule has 112 valence electrons. The van der Waals surface area contributed by atoms with Crippen LogP contribution in [0.2, 0.25) is 5.02 Å². The quantitative estimate of drug-likeness (QED) is 0.854. The minimum Gasteiger partial charge on any atom is -0.369 e. The van der Waals surface area contributed by atoms with Gasteiger partial charge in [-0.1, -0.05) is 18.5 Å². The predicted octanol–water partition coefficient (Wildman–Crippen LogP) is 2.28. The molecule has 0 N–H and O–H groups in total. The van der Waals surface area contributed by atoms with Crippen LogP contribution in [-0.2, 0) is 9.84 Å². The number of halogens is 1. The van der Waals surface area contributed by atoms with Crippen LogP contribution in [0.4, 0.5) is 5.69 Å². The minimum atomic E-state index is -3.28. The van der Waals surface area contributed by atoms with E-state index in [0.29, 0.717) is 5.02 Å². The van der Waals surface area contributed by atoms with Crippen LogP contribution in [0.5, 0.6) is 0 Å². The highest BCUT2D eigenvalue weighted by molar-refractivity contribution is 7.90. The van der Waals surface area contributed by atoms with Gasteiger partial charge >= 0.3 is 0 Å². The number of hydrogen-bond acceptors (Lipinski definition) is 4. The molecule has 0 amide bonds. The fourth-order valence-corrected chi connectivity index (χ4v) is 3.81. The number of benzene rings is 1. The van der Waals surface area contributed by atoms with Gasteiger partial charge in [0.1, 0.15) is 0 Å².